The van der Waals surface area contributed by atoms with Crippen molar-refractivity contribution in [2.24, 2.45) is 0 Å². The van der Waals surface area contributed by atoms with Gasteiger partial charge in [0.1, 0.15) is 11.4 Å². The first-order valence-electron chi connectivity index (χ1n) is 9.27. The molecule has 2 aromatic rings. The van der Waals surface area contributed by atoms with Crippen LogP contribution in [-0.2, 0) is 16.1 Å². The summed E-state index contributed by atoms with van der Waals surface area (Å²) in [5, 5.41) is 6.95. The number of amides is 1. The Morgan fingerprint density at radius 1 is 1.37 bits per heavy atom. The highest BCUT2D eigenvalue weighted by Gasteiger charge is 2.24. The van der Waals surface area contributed by atoms with Gasteiger partial charge in [0.05, 0.1) is 32.8 Å². The molecule has 0 aliphatic carbocycles. The van der Waals surface area contributed by atoms with Crippen LogP contribution in [0.4, 0.5) is 0 Å². The van der Waals surface area contributed by atoms with E-state index in [4.69, 9.17) is 14.0 Å². The number of hydrogen-bond acceptors (Lipinski definition) is 6. The first-order chi connectivity index (χ1) is 13.0. The van der Waals surface area contributed by atoms with Gasteiger partial charge in [-0.3, -0.25) is 9.69 Å². The number of rotatable bonds is 7. The summed E-state index contributed by atoms with van der Waals surface area (Å²) in [4.78, 5) is 14.6. The van der Waals surface area contributed by atoms with Crippen molar-refractivity contribution in [1.29, 1.82) is 0 Å². The fourth-order valence-corrected chi connectivity index (χ4v) is 3.09. The van der Waals surface area contributed by atoms with E-state index >= 15 is 0 Å². The van der Waals surface area contributed by atoms with Crippen molar-refractivity contribution in [3.63, 3.8) is 0 Å². The molecular formula is C20H27N3O4. The van der Waals surface area contributed by atoms with Crippen molar-refractivity contribution in [3.05, 3.63) is 36.1 Å². The maximum Gasteiger partial charge on any atom is 0.223 e. The molecule has 1 amide bonds. The van der Waals surface area contributed by atoms with E-state index in [-0.39, 0.29) is 12.0 Å². The number of methoxy groups -OCH3 is 1. The number of nitrogens with zero attached hydrogens (tertiary/aromatic N) is 2. The number of benzene rings is 1. The van der Waals surface area contributed by atoms with Crippen LogP contribution in [-0.4, -0.2) is 54.9 Å². The molecule has 3 rings (SSSR count). The zero-order valence-electron chi connectivity index (χ0n) is 16.1. The van der Waals surface area contributed by atoms with Gasteiger partial charge in [-0.1, -0.05) is 5.16 Å². The Balaban J connectivity index is 1.48. The van der Waals surface area contributed by atoms with Crippen molar-refractivity contribution in [2.75, 3.05) is 26.8 Å². The summed E-state index contributed by atoms with van der Waals surface area (Å²) in [5.74, 6) is 1.35. The Bertz CT molecular complexity index is 742. The van der Waals surface area contributed by atoms with Gasteiger partial charge in [0, 0.05) is 30.8 Å². The van der Waals surface area contributed by atoms with Crippen LogP contribution >= 0.6 is 0 Å². The third-order valence-electron chi connectivity index (χ3n) is 4.72. The van der Waals surface area contributed by atoms with E-state index in [0.29, 0.717) is 31.4 Å². The van der Waals surface area contributed by atoms with Crippen LogP contribution in [0.15, 0.2) is 34.9 Å². The Kier molecular flexibility index (Phi) is 6.47. The molecule has 0 spiro atoms. The highest BCUT2D eigenvalue weighted by molar-refractivity contribution is 5.76. The van der Waals surface area contributed by atoms with E-state index in [0.717, 1.165) is 30.1 Å². The van der Waals surface area contributed by atoms with Crippen molar-refractivity contribution in [2.45, 2.75) is 39.0 Å². The second kappa shape index (κ2) is 9.01. The number of carbonyl (C=O) groups is 1. The fourth-order valence-electron chi connectivity index (χ4n) is 3.09. The van der Waals surface area contributed by atoms with Crippen molar-refractivity contribution in [3.8, 4) is 17.0 Å². The third-order valence-corrected chi connectivity index (χ3v) is 4.72. The fraction of sp³-hybridized carbons (Fsp3) is 0.500. The predicted molar refractivity (Wildman–Crippen MR) is 101 cm³/mol. The van der Waals surface area contributed by atoms with Crippen molar-refractivity contribution in [1.82, 2.24) is 15.4 Å². The number of morpholine rings is 1. The minimum Gasteiger partial charge on any atom is -0.497 e. The first kappa shape index (κ1) is 19.4. The molecule has 0 radical (unpaired) electrons. The first-order valence-corrected chi connectivity index (χ1v) is 9.27. The molecule has 1 aromatic carbocycles. The molecule has 1 N–H and O–H groups in total. The zero-order chi connectivity index (χ0) is 19.2. The number of ether oxygens (including phenoxy) is 2. The van der Waals surface area contributed by atoms with Crippen molar-refractivity contribution < 1.29 is 18.8 Å². The van der Waals surface area contributed by atoms with E-state index in [9.17, 15) is 4.79 Å². The summed E-state index contributed by atoms with van der Waals surface area (Å²) in [5.41, 5.74) is 1.66. The molecule has 1 aliphatic heterocycles. The van der Waals surface area contributed by atoms with Gasteiger partial charge in [0.25, 0.3) is 0 Å². The normalized spacial score (nSPS) is 17.9. The maximum atomic E-state index is 12.2. The van der Waals surface area contributed by atoms with Crippen LogP contribution in [0.5, 0.6) is 5.75 Å². The molecule has 7 heteroatoms. The Morgan fingerprint density at radius 3 is 2.85 bits per heavy atom. The van der Waals surface area contributed by atoms with Gasteiger partial charge in [-0.25, -0.2) is 0 Å². The largest absolute Gasteiger partial charge is 0.497 e. The highest BCUT2D eigenvalue weighted by Crippen LogP contribution is 2.22. The summed E-state index contributed by atoms with van der Waals surface area (Å²) in [6.07, 6.45) is 0.286. The SMILES string of the molecule is COc1ccc(-c2cc(CNC(=O)CC3CN(C(C)C)CCO3)on2)cc1. The van der Waals surface area contributed by atoms with E-state index < -0.39 is 0 Å². The number of hydrogen-bond donors (Lipinski definition) is 1. The van der Waals surface area contributed by atoms with Crippen LogP contribution in [0.2, 0.25) is 0 Å². The second-order valence-electron chi connectivity index (χ2n) is 6.97. The monoisotopic (exact) mass is 373 g/mol. The molecule has 7 nitrogen and oxygen atoms in total. The Morgan fingerprint density at radius 2 is 2.15 bits per heavy atom. The molecule has 1 fully saturated rings. The zero-order valence-corrected chi connectivity index (χ0v) is 16.1. The highest BCUT2D eigenvalue weighted by atomic mass is 16.5. The smallest absolute Gasteiger partial charge is 0.223 e. The molecule has 2 heterocycles. The Labute approximate surface area is 159 Å². The molecule has 1 atom stereocenters. The van der Waals surface area contributed by atoms with Crippen LogP contribution in [0.25, 0.3) is 11.3 Å². The average molecular weight is 373 g/mol. The maximum absolute atomic E-state index is 12.2. The standard InChI is InChI=1S/C20H27N3O4/c1-14(2)23-8-9-26-18(13-23)11-20(24)21-12-17-10-19(22-27-17)15-4-6-16(25-3)7-5-15/h4-7,10,14,18H,8-9,11-13H2,1-3H3,(H,21,24). The Hall–Kier alpha value is -2.38. The third kappa shape index (κ3) is 5.30. The number of carbonyl (C=O) groups excluding carboxylic acids is 1. The van der Waals surface area contributed by atoms with Gasteiger partial charge in [-0.15, -0.1) is 0 Å². The van der Waals surface area contributed by atoms with Crippen LogP contribution in [0, 0.1) is 0 Å². The molecule has 146 valence electrons. The van der Waals surface area contributed by atoms with Gasteiger partial charge < -0.3 is 19.3 Å². The van der Waals surface area contributed by atoms with E-state index in [2.05, 4.69) is 29.2 Å². The average Bonchev–Trinajstić information content (AvgIpc) is 3.16. The summed E-state index contributed by atoms with van der Waals surface area (Å²) in [7, 11) is 1.63. The lowest BCUT2D eigenvalue weighted by Gasteiger charge is -2.35. The summed E-state index contributed by atoms with van der Waals surface area (Å²) in [6, 6.07) is 9.87. The molecule has 27 heavy (non-hydrogen) atoms. The molecular weight excluding hydrogens is 346 g/mol. The molecule has 1 saturated heterocycles. The minimum atomic E-state index is -0.0641. The molecule has 0 saturated carbocycles. The van der Waals surface area contributed by atoms with E-state index in [1.54, 1.807) is 7.11 Å². The van der Waals surface area contributed by atoms with Gasteiger partial charge in [-0.05, 0) is 38.1 Å². The van der Waals surface area contributed by atoms with E-state index in [1.165, 1.54) is 0 Å². The van der Waals surface area contributed by atoms with Gasteiger partial charge in [0.2, 0.25) is 5.91 Å². The molecule has 1 aromatic heterocycles. The molecule has 0 bridgehead atoms. The number of aromatic nitrogens is 1. The van der Waals surface area contributed by atoms with Gasteiger partial charge in [0.15, 0.2) is 5.76 Å². The van der Waals surface area contributed by atoms with Gasteiger partial charge in [-0.2, -0.15) is 0 Å². The van der Waals surface area contributed by atoms with E-state index in [1.807, 2.05) is 30.3 Å². The van der Waals surface area contributed by atoms with Gasteiger partial charge >= 0.3 is 0 Å². The number of nitrogens with one attached hydrogen (secondary N) is 1. The topological polar surface area (TPSA) is 76.8 Å². The molecule has 1 unspecified atom stereocenters. The minimum absolute atomic E-state index is 0.0481. The quantitative estimate of drug-likeness (QED) is 0.803. The molecule has 1 aliphatic rings. The summed E-state index contributed by atoms with van der Waals surface area (Å²) < 4.78 is 16.2. The van der Waals surface area contributed by atoms with Crippen molar-refractivity contribution >= 4 is 5.91 Å². The summed E-state index contributed by atoms with van der Waals surface area (Å²) in [6.45, 7) is 7.00. The predicted octanol–water partition coefficient (Wildman–Crippen LogP) is 2.47. The summed E-state index contributed by atoms with van der Waals surface area (Å²) >= 11 is 0. The van der Waals surface area contributed by atoms with Crippen LogP contribution in [0.1, 0.15) is 26.0 Å². The second-order valence-corrected chi connectivity index (χ2v) is 6.97. The van der Waals surface area contributed by atoms with Crippen LogP contribution < -0.4 is 10.1 Å². The lowest BCUT2D eigenvalue weighted by Crippen LogP contribution is -2.47. The van der Waals surface area contributed by atoms with Crippen LogP contribution in [0.3, 0.4) is 0 Å². The lowest BCUT2D eigenvalue weighted by molar-refractivity contribution is -0.126. The lowest BCUT2D eigenvalue weighted by atomic mass is 10.1.